The molecular formula is C28H37N8O5S2+. The van der Waals surface area contributed by atoms with E-state index in [1.54, 1.807) is 21.1 Å². The zero-order chi connectivity index (χ0) is 30.0. The molecule has 230 valence electrons. The number of nitrogens with zero attached hydrogens (tertiary/aromatic N) is 7. The van der Waals surface area contributed by atoms with E-state index in [1.807, 2.05) is 16.8 Å². The van der Waals surface area contributed by atoms with E-state index in [9.17, 15) is 13.2 Å². The number of morpholine rings is 1. The van der Waals surface area contributed by atoms with Gasteiger partial charge in [0, 0.05) is 69.1 Å². The van der Waals surface area contributed by atoms with E-state index in [1.165, 1.54) is 11.1 Å². The standard InChI is InChI=1S/C28H36N8O5S2/c1-43(39,40)36-11-9-33(10-12-36)18-20-17-24-26(42-20)28(34-13-15-41-16-14-34)30-27(29-24)21-5-4-6-23-22(21)19-35(31-23)8-3-2-7-25(37)32-38/h4-6,17,19,22H,2-3,7-16,18H2,1H3,(H-,29,30,31,32,37,38)/p+1. The van der Waals surface area contributed by atoms with Gasteiger partial charge in [0.25, 0.3) is 0 Å². The number of sulfonamides is 1. The lowest BCUT2D eigenvalue weighted by atomic mass is 9.90. The van der Waals surface area contributed by atoms with E-state index in [4.69, 9.17) is 25.0 Å². The van der Waals surface area contributed by atoms with Gasteiger partial charge in [0.15, 0.2) is 24.4 Å². The molecule has 1 unspecified atom stereocenters. The fraction of sp³-hybridized carbons (Fsp3) is 0.536. The first-order valence-electron chi connectivity index (χ1n) is 14.6. The number of amides is 1. The Morgan fingerprint density at radius 2 is 1.95 bits per heavy atom. The second-order valence-corrected chi connectivity index (χ2v) is 14.2. The number of hydrazone groups is 1. The highest BCUT2D eigenvalue weighted by Crippen LogP contribution is 2.36. The van der Waals surface area contributed by atoms with Gasteiger partial charge in [-0.05, 0) is 23.7 Å². The van der Waals surface area contributed by atoms with E-state index in [0.29, 0.717) is 58.2 Å². The molecule has 5 heterocycles. The fourth-order valence-corrected chi connectivity index (χ4v) is 7.76. The summed E-state index contributed by atoms with van der Waals surface area (Å²) in [5, 5.41) is 13.5. The molecule has 2 aromatic heterocycles. The topological polar surface area (TPSA) is 144 Å². The van der Waals surface area contributed by atoms with Crippen LogP contribution < -0.4 is 10.4 Å². The maximum Gasteiger partial charge on any atom is 0.243 e. The van der Waals surface area contributed by atoms with Crippen LogP contribution in [-0.4, -0.2) is 121 Å². The van der Waals surface area contributed by atoms with E-state index < -0.39 is 10.0 Å². The summed E-state index contributed by atoms with van der Waals surface area (Å²) >= 11 is 1.71. The van der Waals surface area contributed by atoms with Crippen molar-refractivity contribution in [1.29, 1.82) is 0 Å². The Bertz CT molecular complexity index is 1600. The third kappa shape index (κ3) is 6.86. The molecule has 4 aliphatic rings. The molecular weight excluding hydrogens is 592 g/mol. The molecule has 0 radical (unpaired) electrons. The highest BCUT2D eigenvalue weighted by Gasteiger charge is 2.34. The number of allylic oxidation sites excluding steroid dienone is 4. The molecule has 6 rings (SSSR count). The van der Waals surface area contributed by atoms with Crippen LogP contribution in [0, 0.1) is 5.92 Å². The molecule has 0 bridgehead atoms. The van der Waals surface area contributed by atoms with Crippen LogP contribution in [0.25, 0.3) is 15.8 Å². The van der Waals surface area contributed by atoms with Crippen LogP contribution in [0.3, 0.4) is 0 Å². The average molecular weight is 630 g/mol. The molecule has 2 aromatic rings. The number of hydrogen-bond donors (Lipinski definition) is 2. The Morgan fingerprint density at radius 1 is 1.16 bits per heavy atom. The summed E-state index contributed by atoms with van der Waals surface area (Å²) in [6.45, 7) is 6.63. The van der Waals surface area contributed by atoms with Crippen molar-refractivity contribution in [3.63, 3.8) is 0 Å². The number of aromatic nitrogens is 2. The van der Waals surface area contributed by atoms with Crippen LogP contribution in [0.5, 0.6) is 0 Å². The Balaban J connectivity index is 1.24. The SMILES string of the molecule is CS(=O)(=O)N1CCN(Cc2cc3nc(C4=CC=CC5=N[N+](CCCCC(=O)NO)=CC45)nc(N4CCOCC4)c3s2)CC1. The Morgan fingerprint density at radius 3 is 2.70 bits per heavy atom. The van der Waals surface area contributed by atoms with Crippen molar-refractivity contribution in [2.24, 2.45) is 11.0 Å². The lowest BCUT2D eigenvalue weighted by Gasteiger charge is -2.32. The number of unbranched alkanes of at least 4 members (excludes halogenated alkanes) is 1. The zero-order valence-electron chi connectivity index (χ0n) is 24.2. The lowest BCUT2D eigenvalue weighted by Crippen LogP contribution is -2.47. The summed E-state index contributed by atoms with van der Waals surface area (Å²) < 4.78 is 34.0. The van der Waals surface area contributed by atoms with Gasteiger partial charge < -0.3 is 9.64 Å². The molecule has 2 N–H and O–H groups in total. The monoisotopic (exact) mass is 629 g/mol. The Labute approximate surface area is 254 Å². The van der Waals surface area contributed by atoms with Crippen LogP contribution in [0.2, 0.25) is 0 Å². The minimum atomic E-state index is -3.17. The van der Waals surface area contributed by atoms with Gasteiger partial charge in [0.05, 0.1) is 29.7 Å². The number of anilines is 1. The van der Waals surface area contributed by atoms with Crippen molar-refractivity contribution in [1.82, 2.24) is 24.7 Å². The number of piperazine rings is 1. The second kappa shape index (κ2) is 12.9. The maximum atomic E-state index is 11.9. The summed E-state index contributed by atoms with van der Waals surface area (Å²) in [6, 6.07) is 2.15. The first-order valence-corrected chi connectivity index (χ1v) is 17.3. The van der Waals surface area contributed by atoms with Gasteiger partial charge in [-0.2, -0.15) is 4.31 Å². The van der Waals surface area contributed by atoms with E-state index in [-0.39, 0.29) is 18.2 Å². The van der Waals surface area contributed by atoms with Crippen LogP contribution >= 0.6 is 11.3 Å². The summed E-state index contributed by atoms with van der Waals surface area (Å²) in [4.78, 5) is 27.3. The van der Waals surface area contributed by atoms with Gasteiger partial charge in [-0.1, -0.05) is 16.8 Å². The lowest BCUT2D eigenvalue weighted by molar-refractivity contribution is -0.526. The van der Waals surface area contributed by atoms with E-state index in [2.05, 4.69) is 28.2 Å². The predicted molar refractivity (Wildman–Crippen MR) is 165 cm³/mol. The molecule has 0 spiro atoms. The number of ether oxygens (including phenoxy) is 1. The number of carbonyl (C=O) groups is 1. The molecule has 13 nitrogen and oxygen atoms in total. The van der Waals surface area contributed by atoms with Gasteiger partial charge in [-0.25, -0.2) is 23.9 Å². The first-order chi connectivity index (χ1) is 20.8. The van der Waals surface area contributed by atoms with Crippen molar-refractivity contribution < 1.29 is 27.8 Å². The number of thiophene rings is 1. The van der Waals surface area contributed by atoms with Crippen molar-refractivity contribution >= 4 is 60.8 Å². The number of fused-ring (bicyclic) bond motifs is 2. The largest absolute Gasteiger partial charge is 0.378 e. The number of rotatable bonds is 10. The summed E-state index contributed by atoms with van der Waals surface area (Å²) in [6.07, 6.45) is 11.1. The molecule has 0 saturated carbocycles. The summed E-state index contributed by atoms with van der Waals surface area (Å²) in [5.74, 6) is 1.16. The van der Waals surface area contributed by atoms with E-state index >= 15 is 0 Å². The minimum Gasteiger partial charge on any atom is -0.378 e. The quantitative estimate of drug-likeness (QED) is 0.172. The van der Waals surface area contributed by atoms with Crippen molar-refractivity contribution in [3.05, 3.63) is 35.0 Å². The Hall–Kier alpha value is -3.08. The smallest absolute Gasteiger partial charge is 0.243 e. The Kier molecular flexibility index (Phi) is 8.98. The number of hydrogen-bond acceptors (Lipinski definition) is 11. The van der Waals surface area contributed by atoms with Gasteiger partial charge >= 0.3 is 0 Å². The summed E-state index contributed by atoms with van der Waals surface area (Å²) in [7, 11) is -3.17. The number of nitrogens with one attached hydrogen (secondary N) is 1. The average Bonchev–Trinajstić information content (AvgIpc) is 3.62. The van der Waals surface area contributed by atoms with Crippen molar-refractivity contribution in [3.8, 4) is 0 Å². The maximum absolute atomic E-state index is 11.9. The molecule has 1 aliphatic carbocycles. The minimum absolute atomic E-state index is 0.0648. The molecule has 1 atom stereocenters. The van der Waals surface area contributed by atoms with Gasteiger partial charge in [-0.15, -0.1) is 11.3 Å². The van der Waals surface area contributed by atoms with Crippen LogP contribution in [-0.2, 0) is 26.1 Å². The third-order valence-corrected chi connectivity index (χ3v) is 10.5. The number of carbonyl (C=O) groups excluding carboxylic acids is 1. The van der Waals surface area contributed by atoms with Crippen molar-refractivity contribution in [2.45, 2.75) is 25.8 Å². The van der Waals surface area contributed by atoms with Crippen LogP contribution in [0.15, 0.2) is 29.4 Å². The van der Waals surface area contributed by atoms with Gasteiger partial charge in [0.1, 0.15) is 11.6 Å². The normalized spacial score (nSPS) is 21.5. The third-order valence-electron chi connectivity index (χ3n) is 8.08. The first kappa shape index (κ1) is 30.0. The molecule has 43 heavy (non-hydrogen) atoms. The fourth-order valence-electron chi connectivity index (χ4n) is 5.78. The van der Waals surface area contributed by atoms with Gasteiger partial charge in [0.2, 0.25) is 15.9 Å². The van der Waals surface area contributed by atoms with Crippen LogP contribution in [0.1, 0.15) is 30.0 Å². The second-order valence-electron chi connectivity index (χ2n) is 11.1. The molecule has 3 aliphatic heterocycles. The zero-order valence-corrected chi connectivity index (χ0v) is 25.8. The molecule has 2 saturated heterocycles. The number of hydroxylamine groups is 1. The highest BCUT2D eigenvalue weighted by molar-refractivity contribution is 7.88. The highest BCUT2D eigenvalue weighted by atomic mass is 32.2. The van der Waals surface area contributed by atoms with Crippen LogP contribution in [0.4, 0.5) is 5.82 Å². The molecule has 15 heteroatoms. The molecule has 0 aromatic carbocycles. The predicted octanol–water partition coefficient (Wildman–Crippen LogP) is 1.30. The van der Waals surface area contributed by atoms with E-state index in [0.717, 1.165) is 53.4 Å². The van der Waals surface area contributed by atoms with Crippen molar-refractivity contribution in [2.75, 3.05) is 70.2 Å². The summed E-state index contributed by atoms with van der Waals surface area (Å²) in [5.41, 5.74) is 4.51. The molecule has 2 fully saturated rings. The molecule has 1 amide bonds. The van der Waals surface area contributed by atoms with Gasteiger partial charge in [-0.3, -0.25) is 14.9 Å².